The molecule has 2 aliphatic rings. The van der Waals surface area contributed by atoms with Gasteiger partial charge in [-0.2, -0.15) is 0 Å². The van der Waals surface area contributed by atoms with E-state index >= 15 is 0 Å². The lowest BCUT2D eigenvalue weighted by atomic mass is 10.1. The van der Waals surface area contributed by atoms with Gasteiger partial charge < -0.3 is 5.32 Å². The van der Waals surface area contributed by atoms with Crippen LogP contribution in [0.3, 0.4) is 0 Å². The van der Waals surface area contributed by atoms with E-state index in [-0.39, 0.29) is 5.91 Å². The number of likely N-dealkylation sites (tertiary alicyclic amines) is 1. The van der Waals surface area contributed by atoms with E-state index in [4.69, 9.17) is 12.2 Å². The number of carbonyl (C=O) groups excluding carboxylic acids is 1. The van der Waals surface area contributed by atoms with E-state index < -0.39 is 0 Å². The van der Waals surface area contributed by atoms with E-state index in [1.165, 1.54) is 25.7 Å². The smallest absolute Gasteiger partial charge is 0.277 e. The average molecular weight is 356 g/mol. The summed E-state index contributed by atoms with van der Waals surface area (Å²) in [5.74, 6) is -0.0324. The Balaban J connectivity index is 1.68. The van der Waals surface area contributed by atoms with Crippen molar-refractivity contribution in [2.75, 3.05) is 19.8 Å². The number of carbonyl (C=O) groups is 1. The third kappa shape index (κ3) is 4.77. The first kappa shape index (κ1) is 17.8. The highest BCUT2D eigenvalue weighted by molar-refractivity contribution is 7.80. The molecule has 3 rings (SSSR count). The van der Waals surface area contributed by atoms with Crippen LogP contribution in [0.25, 0.3) is 6.08 Å². The van der Waals surface area contributed by atoms with Crippen molar-refractivity contribution in [2.24, 2.45) is 0 Å². The molecule has 0 spiro atoms. The van der Waals surface area contributed by atoms with E-state index in [0.717, 1.165) is 24.2 Å². The van der Waals surface area contributed by atoms with Crippen molar-refractivity contribution in [3.63, 3.8) is 0 Å². The molecule has 0 aromatic heterocycles. The van der Waals surface area contributed by atoms with Crippen molar-refractivity contribution in [1.82, 2.24) is 15.1 Å². The summed E-state index contributed by atoms with van der Waals surface area (Å²) in [6, 6.07) is 10.1. The lowest BCUT2D eigenvalue weighted by Gasteiger charge is -2.25. The maximum atomic E-state index is 12.7. The Hall–Kier alpha value is -1.98. The Morgan fingerprint density at radius 2 is 1.84 bits per heavy atom. The first-order valence-electron chi connectivity index (χ1n) is 8.94. The summed E-state index contributed by atoms with van der Waals surface area (Å²) in [7, 11) is 0. The molecule has 0 radical (unpaired) electrons. The summed E-state index contributed by atoms with van der Waals surface area (Å²) >= 11 is 5.39. The van der Waals surface area contributed by atoms with Crippen molar-refractivity contribution in [2.45, 2.75) is 32.6 Å². The average Bonchev–Trinajstić information content (AvgIpc) is 2.79. The van der Waals surface area contributed by atoms with E-state index in [2.05, 4.69) is 16.3 Å². The van der Waals surface area contributed by atoms with Crippen LogP contribution < -0.4 is 5.32 Å². The first-order valence-corrected chi connectivity index (χ1v) is 9.34. The summed E-state index contributed by atoms with van der Waals surface area (Å²) in [4.78, 5) is 16.7. The van der Waals surface area contributed by atoms with Crippen LogP contribution in [0.15, 0.2) is 47.7 Å². The van der Waals surface area contributed by atoms with Crippen LogP contribution in [0.1, 0.15) is 38.2 Å². The largest absolute Gasteiger partial charge is 0.328 e. The zero-order chi connectivity index (χ0) is 17.6. The van der Waals surface area contributed by atoms with Crippen molar-refractivity contribution in [1.29, 1.82) is 0 Å². The SMILES string of the molecule is CC(/C=C1\NC(=S)N(CN2CCCCCC2)C1=O)=C\c1ccccc1. The van der Waals surface area contributed by atoms with E-state index in [1.54, 1.807) is 4.90 Å². The normalized spacial score (nSPS) is 21.6. The lowest BCUT2D eigenvalue weighted by molar-refractivity contribution is -0.123. The highest BCUT2D eigenvalue weighted by atomic mass is 32.1. The van der Waals surface area contributed by atoms with Gasteiger partial charge in [-0.25, -0.2) is 0 Å². The fourth-order valence-corrected chi connectivity index (χ4v) is 3.51. The number of hydrogen-bond donors (Lipinski definition) is 1. The van der Waals surface area contributed by atoms with Gasteiger partial charge in [-0.15, -0.1) is 0 Å². The quantitative estimate of drug-likeness (QED) is 0.662. The number of nitrogens with zero attached hydrogens (tertiary/aromatic N) is 2. The highest BCUT2D eigenvalue weighted by Gasteiger charge is 2.31. The minimum atomic E-state index is -0.0324. The van der Waals surface area contributed by atoms with Crippen LogP contribution in [0.4, 0.5) is 0 Å². The molecule has 132 valence electrons. The van der Waals surface area contributed by atoms with Gasteiger partial charge in [-0.3, -0.25) is 14.6 Å². The molecular formula is C20H25N3OS. The van der Waals surface area contributed by atoms with E-state index in [0.29, 0.717) is 17.5 Å². The van der Waals surface area contributed by atoms with Gasteiger partial charge in [0.2, 0.25) is 0 Å². The maximum absolute atomic E-state index is 12.7. The van der Waals surface area contributed by atoms with Crippen LogP contribution in [0.5, 0.6) is 0 Å². The van der Waals surface area contributed by atoms with Gasteiger partial charge in [0.15, 0.2) is 5.11 Å². The molecule has 0 aliphatic carbocycles. The van der Waals surface area contributed by atoms with Gasteiger partial charge in [-0.05, 0) is 62.3 Å². The van der Waals surface area contributed by atoms with Gasteiger partial charge in [0.1, 0.15) is 5.70 Å². The molecule has 2 heterocycles. The molecule has 0 atom stereocenters. The number of nitrogens with one attached hydrogen (secondary N) is 1. The number of hydrogen-bond acceptors (Lipinski definition) is 3. The van der Waals surface area contributed by atoms with E-state index in [1.807, 2.05) is 43.3 Å². The second-order valence-corrected chi connectivity index (χ2v) is 7.08. The number of thiocarbonyl (C=S) groups is 1. The highest BCUT2D eigenvalue weighted by Crippen LogP contribution is 2.17. The molecule has 1 aromatic rings. The molecule has 2 fully saturated rings. The second-order valence-electron chi connectivity index (χ2n) is 6.69. The number of amides is 1. The molecule has 2 saturated heterocycles. The van der Waals surface area contributed by atoms with Gasteiger partial charge in [0.05, 0.1) is 6.67 Å². The van der Waals surface area contributed by atoms with Crippen molar-refractivity contribution in [3.05, 3.63) is 53.2 Å². The standard InChI is InChI=1S/C20H25N3OS/c1-16(13-17-9-5-4-6-10-17)14-18-19(24)23(20(25)21-18)15-22-11-7-2-3-8-12-22/h4-6,9-10,13-14H,2-3,7-8,11-12,15H2,1H3,(H,21,25)/b16-13+,18-14-. The third-order valence-electron chi connectivity index (χ3n) is 4.57. The van der Waals surface area contributed by atoms with Gasteiger partial charge in [-0.1, -0.05) is 49.2 Å². The number of allylic oxidation sites excluding steroid dienone is 2. The van der Waals surface area contributed by atoms with Crippen LogP contribution in [0, 0.1) is 0 Å². The Morgan fingerprint density at radius 1 is 1.16 bits per heavy atom. The van der Waals surface area contributed by atoms with Gasteiger partial charge in [0, 0.05) is 0 Å². The van der Waals surface area contributed by atoms with Crippen LogP contribution in [0.2, 0.25) is 0 Å². The van der Waals surface area contributed by atoms with E-state index in [9.17, 15) is 4.79 Å². The molecular weight excluding hydrogens is 330 g/mol. The molecule has 1 amide bonds. The van der Waals surface area contributed by atoms with Gasteiger partial charge >= 0.3 is 0 Å². The fourth-order valence-electron chi connectivity index (χ4n) is 3.26. The Morgan fingerprint density at radius 3 is 2.52 bits per heavy atom. The number of rotatable bonds is 4. The topological polar surface area (TPSA) is 35.6 Å². The molecule has 4 nitrogen and oxygen atoms in total. The molecule has 0 saturated carbocycles. The van der Waals surface area contributed by atoms with Gasteiger partial charge in [0.25, 0.3) is 5.91 Å². The summed E-state index contributed by atoms with van der Waals surface area (Å²) in [5.41, 5.74) is 2.69. The minimum Gasteiger partial charge on any atom is -0.328 e. The molecule has 0 bridgehead atoms. The molecule has 25 heavy (non-hydrogen) atoms. The maximum Gasteiger partial charge on any atom is 0.277 e. The predicted octanol–water partition coefficient (Wildman–Crippen LogP) is 3.52. The third-order valence-corrected chi connectivity index (χ3v) is 4.89. The molecule has 0 unspecified atom stereocenters. The predicted molar refractivity (Wildman–Crippen MR) is 106 cm³/mol. The molecule has 5 heteroatoms. The Kier molecular flexibility index (Phi) is 6.00. The summed E-state index contributed by atoms with van der Waals surface area (Å²) in [5, 5.41) is 3.58. The molecule has 1 N–H and O–H groups in total. The zero-order valence-electron chi connectivity index (χ0n) is 14.7. The fraction of sp³-hybridized carbons (Fsp3) is 0.400. The monoisotopic (exact) mass is 355 g/mol. The first-order chi connectivity index (χ1) is 12.1. The minimum absolute atomic E-state index is 0.0324. The van der Waals surface area contributed by atoms with Crippen LogP contribution in [-0.4, -0.2) is 40.6 Å². The van der Waals surface area contributed by atoms with Crippen molar-refractivity contribution < 1.29 is 4.79 Å². The van der Waals surface area contributed by atoms with Crippen molar-refractivity contribution in [3.8, 4) is 0 Å². The lowest BCUT2D eigenvalue weighted by Crippen LogP contribution is -2.42. The summed E-state index contributed by atoms with van der Waals surface area (Å²) in [6.45, 7) is 4.66. The summed E-state index contributed by atoms with van der Waals surface area (Å²) in [6.07, 6.45) is 8.89. The second kappa shape index (κ2) is 8.41. The Bertz CT molecular complexity index is 688. The van der Waals surface area contributed by atoms with Crippen LogP contribution in [-0.2, 0) is 4.79 Å². The van der Waals surface area contributed by atoms with Crippen molar-refractivity contribution >= 4 is 29.3 Å². The molecule has 2 aliphatic heterocycles. The summed E-state index contributed by atoms with van der Waals surface area (Å²) < 4.78 is 0. The number of benzene rings is 1. The molecule has 1 aromatic carbocycles. The zero-order valence-corrected chi connectivity index (χ0v) is 15.5. The van der Waals surface area contributed by atoms with Crippen LogP contribution >= 0.6 is 12.2 Å². The Labute approximate surface area is 155 Å².